The molecule has 0 spiro atoms. The van der Waals surface area contributed by atoms with Gasteiger partial charge in [0.05, 0.1) is 32.8 Å². The van der Waals surface area contributed by atoms with Crippen molar-refractivity contribution in [2.24, 2.45) is 0 Å². The molecular formula is C21H34N4O11S3. The largest absolute Gasteiger partial charge is 0.370 e. The minimum atomic E-state index is -4.38. The summed E-state index contributed by atoms with van der Waals surface area (Å²) in [6.45, 7) is 5.29. The van der Waals surface area contributed by atoms with Gasteiger partial charge in [0.1, 0.15) is 5.56 Å². The smallest absolute Gasteiger partial charge is 0.283 e. The Balaban J connectivity index is 2.65. The van der Waals surface area contributed by atoms with Gasteiger partial charge < -0.3 is 14.7 Å². The van der Waals surface area contributed by atoms with Crippen LogP contribution in [-0.2, 0) is 30.1 Å². The van der Waals surface area contributed by atoms with Crippen LogP contribution in [0.3, 0.4) is 0 Å². The number of anilines is 1. The van der Waals surface area contributed by atoms with Gasteiger partial charge in [-0.25, -0.2) is 8.42 Å². The third kappa shape index (κ3) is 9.64. The lowest BCUT2D eigenvalue weighted by atomic mass is 10.1. The van der Waals surface area contributed by atoms with Crippen molar-refractivity contribution in [2.45, 2.75) is 31.6 Å². The second-order valence-corrected chi connectivity index (χ2v) is 14.4. The Morgan fingerprint density at radius 3 is 1.87 bits per heavy atom. The molecular weight excluding hydrogens is 580 g/mol. The number of carbonyl (C=O) groups excluding carboxylic acids is 1. The molecule has 0 radical (unpaired) electrons. The molecule has 2 N–H and O–H groups in total. The molecule has 1 aromatic rings. The SMILES string of the molecule is CCN1CCN(C(=O)c2cc(N(CCCS(=O)(=O)O)CCCS(=O)(=O)O)c(S(=O)(=O)CC)cc2[N+](=O)[O-])CC1. The Bertz CT molecular complexity index is 1330. The van der Waals surface area contributed by atoms with E-state index in [2.05, 4.69) is 4.90 Å². The Labute approximate surface area is 228 Å². The summed E-state index contributed by atoms with van der Waals surface area (Å²) in [5.41, 5.74) is -1.24. The number of rotatable bonds is 14. The van der Waals surface area contributed by atoms with E-state index in [0.29, 0.717) is 26.2 Å². The summed E-state index contributed by atoms with van der Waals surface area (Å²) in [4.78, 5) is 28.8. The molecule has 18 heteroatoms. The quantitative estimate of drug-likeness (QED) is 0.166. The first-order valence-electron chi connectivity index (χ1n) is 12.2. The molecule has 0 unspecified atom stereocenters. The molecule has 1 aliphatic rings. The summed E-state index contributed by atoms with van der Waals surface area (Å²) in [7, 11) is -12.9. The van der Waals surface area contributed by atoms with Crippen molar-refractivity contribution in [3.05, 3.63) is 27.8 Å². The molecule has 0 bridgehead atoms. The highest BCUT2D eigenvalue weighted by Crippen LogP contribution is 2.35. The molecule has 1 heterocycles. The molecule has 1 fully saturated rings. The normalized spacial score (nSPS) is 15.3. The van der Waals surface area contributed by atoms with Gasteiger partial charge in [0.15, 0.2) is 9.84 Å². The minimum Gasteiger partial charge on any atom is -0.370 e. The maximum Gasteiger partial charge on any atom is 0.283 e. The van der Waals surface area contributed by atoms with E-state index in [9.17, 15) is 40.2 Å². The first-order valence-corrected chi connectivity index (χ1v) is 17.1. The Morgan fingerprint density at radius 2 is 1.46 bits per heavy atom. The molecule has 0 saturated carbocycles. The van der Waals surface area contributed by atoms with Crippen molar-refractivity contribution >= 4 is 47.4 Å². The lowest BCUT2D eigenvalue weighted by Gasteiger charge is -2.34. The molecule has 0 aliphatic carbocycles. The number of nitrogens with zero attached hydrogens (tertiary/aromatic N) is 4. The standard InChI is InChI=1S/C21H34N4O11S3/c1-3-22-9-11-24(12-10-22)21(26)17-15-19(20(37(29,30)4-2)16-18(17)25(27)28)23(7-5-13-38(31,32)33)8-6-14-39(34,35)36/h15-16H,3-14H2,1-2H3,(H,31,32,33)(H,34,35,36). The van der Waals surface area contributed by atoms with E-state index in [1.807, 2.05) is 6.92 Å². The van der Waals surface area contributed by atoms with Crippen LogP contribution in [0, 0.1) is 10.1 Å². The molecule has 222 valence electrons. The van der Waals surface area contributed by atoms with E-state index in [-0.39, 0.29) is 37.2 Å². The molecule has 0 atom stereocenters. The van der Waals surface area contributed by atoms with Crippen LogP contribution in [-0.4, -0.2) is 118 Å². The highest BCUT2D eigenvalue weighted by Gasteiger charge is 2.33. The van der Waals surface area contributed by atoms with Gasteiger partial charge in [-0.3, -0.25) is 24.0 Å². The summed E-state index contributed by atoms with van der Waals surface area (Å²) < 4.78 is 89.2. The average Bonchev–Trinajstić information content (AvgIpc) is 2.85. The maximum absolute atomic E-state index is 13.4. The van der Waals surface area contributed by atoms with Gasteiger partial charge in [-0.1, -0.05) is 13.8 Å². The Hall–Kier alpha value is -2.38. The number of nitro benzene ring substituents is 1. The Morgan fingerprint density at radius 1 is 0.949 bits per heavy atom. The van der Waals surface area contributed by atoms with Crippen molar-refractivity contribution in [3.63, 3.8) is 0 Å². The van der Waals surface area contributed by atoms with Gasteiger partial charge in [0.2, 0.25) is 0 Å². The fraction of sp³-hybridized carbons (Fsp3) is 0.667. The molecule has 2 rings (SSSR count). The van der Waals surface area contributed by atoms with Gasteiger partial charge in [0.25, 0.3) is 31.8 Å². The molecule has 39 heavy (non-hydrogen) atoms. The van der Waals surface area contributed by atoms with E-state index in [4.69, 9.17) is 9.11 Å². The van der Waals surface area contributed by atoms with Gasteiger partial charge >= 0.3 is 0 Å². The summed E-state index contributed by atoms with van der Waals surface area (Å²) in [6.07, 6.45) is -0.425. The predicted molar refractivity (Wildman–Crippen MR) is 143 cm³/mol. The van der Waals surface area contributed by atoms with Crippen molar-refractivity contribution in [2.75, 3.05) is 68.0 Å². The van der Waals surface area contributed by atoms with Gasteiger partial charge in [-0.15, -0.1) is 0 Å². The third-order valence-electron chi connectivity index (χ3n) is 6.33. The highest BCUT2D eigenvalue weighted by atomic mass is 32.2. The van der Waals surface area contributed by atoms with Crippen LogP contribution in [0.2, 0.25) is 0 Å². The van der Waals surface area contributed by atoms with Gasteiger partial charge in [-0.2, -0.15) is 16.8 Å². The van der Waals surface area contributed by atoms with E-state index >= 15 is 0 Å². The van der Waals surface area contributed by atoms with Crippen molar-refractivity contribution in [1.29, 1.82) is 0 Å². The van der Waals surface area contributed by atoms with E-state index < -0.39 is 68.7 Å². The monoisotopic (exact) mass is 614 g/mol. The average molecular weight is 615 g/mol. The van der Waals surface area contributed by atoms with Gasteiger partial charge in [0, 0.05) is 45.3 Å². The van der Waals surface area contributed by atoms with Crippen LogP contribution in [0.1, 0.15) is 37.0 Å². The molecule has 0 aromatic heterocycles. The topological polar surface area (TPSA) is 213 Å². The van der Waals surface area contributed by atoms with Crippen molar-refractivity contribution in [3.8, 4) is 0 Å². The van der Waals surface area contributed by atoms with Crippen LogP contribution >= 0.6 is 0 Å². The number of hydrogen-bond donors (Lipinski definition) is 2. The molecule has 1 saturated heterocycles. The number of amides is 1. The lowest BCUT2D eigenvalue weighted by Crippen LogP contribution is -2.48. The highest BCUT2D eigenvalue weighted by molar-refractivity contribution is 7.91. The number of benzene rings is 1. The fourth-order valence-corrected chi connectivity index (χ4v) is 6.29. The number of sulfone groups is 1. The number of likely N-dealkylation sites (N-methyl/N-ethyl adjacent to an activating group) is 1. The van der Waals surface area contributed by atoms with Crippen LogP contribution in [0.5, 0.6) is 0 Å². The van der Waals surface area contributed by atoms with Crippen LogP contribution in [0.15, 0.2) is 17.0 Å². The van der Waals surface area contributed by atoms with Crippen molar-refractivity contribution in [1.82, 2.24) is 9.80 Å². The number of carbonyl (C=O) groups is 1. The third-order valence-corrected chi connectivity index (χ3v) is 9.69. The Kier molecular flexibility index (Phi) is 11.2. The van der Waals surface area contributed by atoms with E-state index in [1.54, 1.807) is 0 Å². The second-order valence-electron chi connectivity index (χ2n) is 8.99. The number of nitro groups is 1. The van der Waals surface area contributed by atoms with E-state index in [0.717, 1.165) is 18.7 Å². The molecule has 1 amide bonds. The lowest BCUT2D eigenvalue weighted by molar-refractivity contribution is -0.385. The fourth-order valence-electron chi connectivity index (χ4n) is 4.20. The van der Waals surface area contributed by atoms with Crippen molar-refractivity contribution < 1.29 is 44.1 Å². The van der Waals surface area contributed by atoms with Gasteiger partial charge in [-0.05, 0) is 25.5 Å². The zero-order valence-corrected chi connectivity index (χ0v) is 24.2. The predicted octanol–water partition coefficient (Wildman–Crippen LogP) is 0.528. The minimum absolute atomic E-state index is 0.149. The molecule has 15 nitrogen and oxygen atoms in total. The maximum atomic E-state index is 13.4. The molecule has 1 aromatic carbocycles. The number of piperazine rings is 1. The summed E-state index contributed by atoms with van der Waals surface area (Å²) in [5, 5.41) is 12.0. The molecule has 1 aliphatic heterocycles. The van der Waals surface area contributed by atoms with Crippen LogP contribution in [0.25, 0.3) is 0 Å². The van der Waals surface area contributed by atoms with E-state index in [1.165, 1.54) is 16.7 Å². The zero-order chi connectivity index (χ0) is 29.6. The zero-order valence-electron chi connectivity index (χ0n) is 21.7. The second kappa shape index (κ2) is 13.3. The summed E-state index contributed by atoms with van der Waals surface area (Å²) in [5.74, 6) is -2.53. The first kappa shape index (κ1) is 32.8. The first-order chi connectivity index (χ1) is 18.0. The summed E-state index contributed by atoms with van der Waals surface area (Å²) in [6, 6.07) is 1.86. The van der Waals surface area contributed by atoms with Crippen LogP contribution in [0.4, 0.5) is 11.4 Å². The number of hydrogen-bond acceptors (Lipinski definition) is 11. The van der Waals surface area contributed by atoms with Crippen LogP contribution < -0.4 is 4.90 Å². The summed E-state index contributed by atoms with van der Waals surface area (Å²) >= 11 is 0.